The van der Waals surface area contributed by atoms with Crippen molar-refractivity contribution in [3.05, 3.63) is 54.6 Å². The molecule has 0 bridgehead atoms. The number of hydrogen-bond acceptors (Lipinski definition) is 7. The van der Waals surface area contributed by atoms with Crippen molar-refractivity contribution in [3.8, 4) is 0 Å². The van der Waals surface area contributed by atoms with Gasteiger partial charge in [0.1, 0.15) is 0 Å². The van der Waals surface area contributed by atoms with Gasteiger partial charge in [-0.25, -0.2) is 0 Å². The monoisotopic (exact) mass is 388 g/mol. The number of amides is 1. The highest BCUT2D eigenvalue weighted by Gasteiger charge is 2.18. The van der Waals surface area contributed by atoms with E-state index in [9.17, 15) is 4.79 Å². The van der Waals surface area contributed by atoms with Gasteiger partial charge in [-0.1, -0.05) is 65.2 Å². The molecule has 0 aliphatic heterocycles. The molecular weight excluding hydrogens is 372 g/mol. The van der Waals surface area contributed by atoms with Crippen LogP contribution in [0.25, 0.3) is 0 Å². The summed E-state index contributed by atoms with van der Waals surface area (Å²) in [6, 6.07) is 17.8. The number of aromatic nitrogens is 2. The highest BCUT2D eigenvalue weighted by Crippen LogP contribution is 2.34. The van der Waals surface area contributed by atoms with Crippen LogP contribution in [-0.2, 0) is 4.79 Å². The third kappa shape index (κ3) is 4.97. The highest BCUT2D eigenvalue weighted by atomic mass is 32.2. The van der Waals surface area contributed by atoms with E-state index in [0.717, 1.165) is 15.5 Å². The normalized spacial score (nSPS) is 11.9. The first-order valence-corrected chi connectivity index (χ1v) is 10.0. The van der Waals surface area contributed by atoms with Crippen LogP contribution >= 0.6 is 34.9 Å². The van der Waals surface area contributed by atoms with Crippen molar-refractivity contribution in [2.45, 2.75) is 26.3 Å². The number of benzene rings is 2. The third-order valence-corrected chi connectivity index (χ3v) is 6.21. The number of hydrogen-bond donors (Lipinski definition) is 2. The molecule has 1 unspecified atom stereocenters. The van der Waals surface area contributed by atoms with E-state index < -0.39 is 0 Å². The lowest BCUT2D eigenvalue weighted by Crippen LogP contribution is -2.22. The second kappa shape index (κ2) is 8.37. The fraction of sp³-hybridized carbons (Fsp3) is 0.118. The number of para-hydroxylation sites is 1. The maximum atomic E-state index is 12.5. The summed E-state index contributed by atoms with van der Waals surface area (Å²) in [5, 5.41) is 10.8. The fourth-order valence-electron chi connectivity index (χ4n) is 1.98. The molecule has 3 rings (SSSR count). The van der Waals surface area contributed by atoms with Crippen molar-refractivity contribution in [2.24, 2.45) is 0 Å². The molecule has 1 amide bonds. The Labute approximate surface area is 158 Å². The number of carbonyl (C=O) groups is 1. The number of carbonyl (C=O) groups excluding carboxylic acids is 1. The minimum atomic E-state index is -0.304. The molecule has 128 valence electrons. The topological polar surface area (TPSA) is 80.9 Å². The third-order valence-electron chi connectivity index (χ3n) is 3.18. The summed E-state index contributed by atoms with van der Waals surface area (Å²) in [6.07, 6.45) is 0. The summed E-state index contributed by atoms with van der Waals surface area (Å²) in [4.78, 5) is 14.6. The van der Waals surface area contributed by atoms with Gasteiger partial charge in [0.15, 0.2) is 4.34 Å². The summed E-state index contributed by atoms with van der Waals surface area (Å²) in [5.41, 5.74) is 6.37. The first-order valence-electron chi connectivity index (χ1n) is 7.50. The van der Waals surface area contributed by atoms with Gasteiger partial charge in [-0.3, -0.25) is 4.79 Å². The minimum Gasteiger partial charge on any atom is -0.374 e. The zero-order valence-electron chi connectivity index (χ0n) is 13.4. The smallest absolute Gasteiger partial charge is 0.237 e. The second-order valence-corrected chi connectivity index (χ2v) is 8.78. The molecule has 2 aromatic carbocycles. The maximum Gasteiger partial charge on any atom is 0.237 e. The van der Waals surface area contributed by atoms with E-state index in [1.54, 1.807) is 11.8 Å². The van der Waals surface area contributed by atoms with Crippen LogP contribution in [0.5, 0.6) is 0 Å². The Morgan fingerprint density at radius 2 is 1.84 bits per heavy atom. The predicted octanol–water partition coefficient (Wildman–Crippen LogP) is 4.39. The van der Waals surface area contributed by atoms with E-state index in [1.165, 1.54) is 23.1 Å². The van der Waals surface area contributed by atoms with Gasteiger partial charge in [-0.2, -0.15) is 0 Å². The van der Waals surface area contributed by atoms with E-state index >= 15 is 0 Å². The molecule has 0 aliphatic carbocycles. The van der Waals surface area contributed by atoms with Crippen molar-refractivity contribution < 1.29 is 4.79 Å². The first kappa shape index (κ1) is 17.8. The van der Waals surface area contributed by atoms with Crippen LogP contribution in [-0.4, -0.2) is 21.4 Å². The number of nitrogens with two attached hydrogens (primary N) is 1. The molecule has 1 heterocycles. The number of nitrogens with zero attached hydrogens (tertiary/aromatic N) is 2. The van der Waals surface area contributed by atoms with Gasteiger partial charge in [0.2, 0.25) is 11.0 Å². The standard InChI is InChI=1S/C17H16N4OS3/c1-11(23-17-21-20-16(18)25-17)15(22)19-13-9-5-6-10-14(13)24-12-7-3-2-4-8-12/h2-11H,1H3,(H2,18,20)(H,19,22). The summed E-state index contributed by atoms with van der Waals surface area (Å²) >= 11 is 4.24. The zero-order valence-corrected chi connectivity index (χ0v) is 15.8. The van der Waals surface area contributed by atoms with E-state index in [0.29, 0.717) is 9.47 Å². The zero-order chi connectivity index (χ0) is 17.6. The van der Waals surface area contributed by atoms with Crippen LogP contribution < -0.4 is 11.1 Å². The van der Waals surface area contributed by atoms with Crippen molar-refractivity contribution in [3.63, 3.8) is 0 Å². The Hall–Kier alpha value is -2.03. The van der Waals surface area contributed by atoms with Gasteiger partial charge in [-0.05, 0) is 31.2 Å². The molecular formula is C17H16N4OS3. The van der Waals surface area contributed by atoms with Crippen molar-refractivity contribution in [1.29, 1.82) is 0 Å². The van der Waals surface area contributed by atoms with Crippen LogP contribution in [0.4, 0.5) is 10.8 Å². The molecule has 3 N–H and O–H groups in total. The van der Waals surface area contributed by atoms with Gasteiger partial charge >= 0.3 is 0 Å². The predicted molar refractivity (Wildman–Crippen MR) is 105 cm³/mol. The number of nitrogens with one attached hydrogen (secondary N) is 1. The van der Waals surface area contributed by atoms with Crippen LogP contribution in [0.3, 0.4) is 0 Å². The van der Waals surface area contributed by atoms with E-state index in [4.69, 9.17) is 5.73 Å². The lowest BCUT2D eigenvalue weighted by atomic mass is 10.3. The van der Waals surface area contributed by atoms with E-state index in [1.807, 2.05) is 61.5 Å². The quantitative estimate of drug-likeness (QED) is 0.610. The molecule has 25 heavy (non-hydrogen) atoms. The number of nitrogen functional groups attached to an aromatic ring is 1. The van der Waals surface area contributed by atoms with Crippen molar-refractivity contribution in [1.82, 2.24) is 10.2 Å². The van der Waals surface area contributed by atoms with Crippen LogP contribution in [0.1, 0.15) is 6.92 Å². The van der Waals surface area contributed by atoms with Gasteiger partial charge in [-0.15, -0.1) is 10.2 Å². The summed E-state index contributed by atoms with van der Waals surface area (Å²) in [7, 11) is 0. The largest absolute Gasteiger partial charge is 0.374 e. The van der Waals surface area contributed by atoms with Crippen molar-refractivity contribution >= 4 is 51.6 Å². The number of anilines is 2. The number of rotatable bonds is 6. The molecule has 8 heteroatoms. The molecule has 0 fully saturated rings. The Morgan fingerprint density at radius 1 is 1.12 bits per heavy atom. The van der Waals surface area contributed by atoms with Gasteiger partial charge in [0.05, 0.1) is 10.9 Å². The van der Waals surface area contributed by atoms with Gasteiger partial charge in [0.25, 0.3) is 0 Å². The average Bonchev–Trinajstić information content (AvgIpc) is 3.02. The minimum absolute atomic E-state index is 0.0834. The molecule has 1 aromatic heterocycles. The molecule has 0 saturated carbocycles. The molecule has 5 nitrogen and oxygen atoms in total. The molecule has 0 saturated heterocycles. The SMILES string of the molecule is CC(Sc1nnc(N)s1)C(=O)Nc1ccccc1Sc1ccccc1. The fourth-order valence-corrected chi connectivity index (χ4v) is 4.68. The van der Waals surface area contributed by atoms with Crippen LogP contribution in [0, 0.1) is 0 Å². The highest BCUT2D eigenvalue weighted by molar-refractivity contribution is 8.02. The van der Waals surface area contributed by atoms with Gasteiger partial charge < -0.3 is 11.1 Å². The maximum absolute atomic E-state index is 12.5. The Morgan fingerprint density at radius 3 is 2.56 bits per heavy atom. The molecule has 3 aromatic rings. The van der Waals surface area contributed by atoms with Crippen LogP contribution in [0.15, 0.2) is 68.7 Å². The van der Waals surface area contributed by atoms with E-state index in [-0.39, 0.29) is 11.2 Å². The lowest BCUT2D eigenvalue weighted by molar-refractivity contribution is -0.115. The average molecular weight is 389 g/mol. The molecule has 0 aliphatic rings. The lowest BCUT2D eigenvalue weighted by Gasteiger charge is -2.13. The Bertz CT molecular complexity index is 854. The Kier molecular flexibility index (Phi) is 5.95. The molecule has 0 radical (unpaired) electrons. The molecule has 0 spiro atoms. The van der Waals surface area contributed by atoms with E-state index in [2.05, 4.69) is 15.5 Å². The molecule has 1 atom stereocenters. The van der Waals surface area contributed by atoms with Crippen LogP contribution in [0.2, 0.25) is 0 Å². The van der Waals surface area contributed by atoms with Crippen molar-refractivity contribution in [2.75, 3.05) is 11.1 Å². The summed E-state index contributed by atoms with van der Waals surface area (Å²) in [5.74, 6) is -0.0834. The summed E-state index contributed by atoms with van der Waals surface area (Å²) in [6.45, 7) is 1.84. The summed E-state index contributed by atoms with van der Waals surface area (Å²) < 4.78 is 0.687. The number of thioether (sulfide) groups is 1. The first-order chi connectivity index (χ1) is 12.1. The Balaban J connectivity index is 1.68. The van der Waals surface area contributed by atoms with Gasteiger partial charge in [0, 0.05) is 9.79 Å². The second-order valence-electron chi connectivity index (χ2n) is 5.07.